The van der Waals surface area contributed by atoms with Crippen LogP contribution in [0.4, 0.5) is 17.1 Å². The van der Waals surface area contributed by atoms with Crippen molar-refractivity contribution >= 4 is 28.8 Å². The van der Waals surface area contributed by atoms with Crippen LogP contribution in [-0.4, -0.2) is 22.7 Å². The van der Waals surface area contributed by atoms with Gasteiger partial charge < -0.3 is 10.6 Å². The maximum absolute atomic E-state index is 12.2. The predicted molar refractivity (Wildman–Crippen MR) is 91.3 cm³/mol. The number of benzene rings is 2. The number of Topliss-reactive ketones (excluding diaryl/α,β-unsaturated/α-hetero) is 1. The molecular formula is C17H17N3O4. The normalized spacial score (nSPS) is 11.4. The van der Waals surface area contributed by atoms with Gasteiger partial charge in [-0.1, -0.05) is 6.07 Å². The van der Waals surface area contributed by atoms with E-state index in [4.69, 9.17) is 0 Å². The van der Waals surface area contributed by atoms with E-state index < -0.39 is 11.0 Å². The maximum Gasteiger partial charge on any atom is 0.271 e. The molecule has 2 N–H and O–H groups in total. The summed E-state index contributed by atoms with van der Waals surface area (Å²) < 4.78 is 0. The molecule has 24 heavy (non-hydrogen) atoms. The third-order valence-corrected chi connectivity index (χ3v) is 3.39. The van der Waals surface area contributed by atoms with Gasteiger partial charge in [-0.15, -0.1) is 0 Å². The van der Waals surface area contributed by atoms with Gasteiger partial charge in [-0.25, -0.2) is 0 Å². The van der Waals surface area contributed by atoms with Gasteiger partial charge in [-0.05, 0) is 44.2 Å². The van der Waals surface area contributed by atoms with E-state index in [0.717, 1.165) is 0 Å². The number of non-ortho nitro benzene ring substituents is 1. The van der Waals surface area contributed by atoms with E-state index in [2.05, 4.69) is 10.6 Å². The summed E-state index contributed by atoms with van der Waals surface area (Å²) in [6, 6.07) is 11.9. The zero-order valence-corrected chi connectivity index (χ0v) is 13.3. The average molecular weight is 327 g/mol. The largest absolute Gasteiger partial charge is 0.374 e. The first kappa shape index (κ1) is 17.1. The third-order valence-electron chi connectivity index (χ3n) is 3.39. The number of hydrogen-bond donors (Lipinski definition) is 2. The van der Waals surface area contributed by atoms with E-state index >= 15 is 0 Å². The molecule has 0 aliphatic carbocycles. The van der Waals surface area contributed by atoms with E-state index in [0.29, 0.717) is 16.9 Å². The molecule has 0 saturated carbocycles. The summed E-state index contributed by atoms with van der Waals surface area (Å²) in [6.07, 6.45) is 0. The quantitative estimate of drug-likeness (QED) is 0.482. The molecule has 2 aromatic carbocycles. The van der Waals surface area contributed by atoms with Crippen LogP contribution in [0.1, 0.15) is 24.2 Å². The maximum atomic E-state index is 12.2. The number of nitro benzene ring substituents is 1. The summed E-state index contributed by atoms with van der Waals surface area (Å²) >= 11 is 0. The fourth-order valence-corrected chi connectivity index (χ4v) is 2.06. The van der Waals surface area contributed by atoms with Gasteiger partial charge in [0.2, 0.25) is 5.91 Å². The number of nitro groups is 1. The molecule has 0 fully saturated rings. The van der Waals surface area contributed by atoms with Crippen LogP contribution in [0, 0.1) is 10.1 Å². The van der Waals surface area contributed by atoms with Crippen LogP contribution in [0.15, 0.2) is 48.5 Å². The van der Waals surface area contributed by atoms with Gasteiger partial charge in [0.05, 0.1) is 4.92 Å². The fraction of sp³-hybridized carbons (Fsp3) is 0.176. The standard InChI is InChI=1S/C17H17N3O4/c1-11(18-15-4-3-5-16(10-15)20(23)24)17(22)19-14-8-6-13(7-9-14)12(2)21/h3-11,18H,1-2H3,(H,19,22)/t11-/m1/s1. The van der Waals surface area contributed by atoms with Gasteiger partial charge >= 0.3 is 0 Å². The van der Waals surface area contributed by atoms with Crippen molar-refractivity contribution in [3.05, 3.63) is 64.2 Å². The average Bonchev–Trinajstić information content (AvgIpc) is 2.55. The Hall–Kier alpha value is -3.22. The summed E-state index contributed by atoms with van der Waals surface area (Å²) in [4.78, 5) is 33.7. The highest BCUT2D eigenvalue weighted by molar-refractivity contribution is 5.97. The fourth-order valence-electron chi connectivity index (χ4n) is 2.06. The summed E-state index contributed by atoms with van der Waals surface area (Å²) in [5.41, 5.74) is 1.57. The first-order valence-corrected chi connectivity index (χ1v) is 7.29. The van der Waals surface area contributed by atoms with Crippen LogP contribution >= 0.6 is 0 Å². The molecule has 2 aromatic rings. The molecule has 7 heteroatoms. The van der Waals surface area contributed by atoms with Crippen LogP contribution < -0.4 is 10.6 Å². The minimum atomic E-state index is -0.598. The lowest BCUT2D eigenvalue weighted by Gasteiger charge is -2.15. The number of nitrogens with zero attached hydrogens (tertiary/aromatic N) is 1. The van der Waals surface area contributed by atoms with Crippen molar-refractivity contribution in [1.29, 1.82) is 0 Å². The summed E-state index contributed by atoms with van der Waals surface area (Å²) in [6.45, 7) is 3.12. The highest BCUT2D eigenvalue weighted by Crippen LogP contribution is 2.18. The van der Waals surface area contributed by atoms with Crippen LogP contribution in [0.3, 0.4) is 0 Å². The molecule has 7 nitrogen and oxygen atoms in total. The van der Waals surface area contributed by atoms with Crippen LogP contribution in [0.5, 0.6) is 0 Å². The Morgan fingerprint density at radius 3 is 2.33 bits per heavy atom. The van der Waals surface area contributed by atoms with E-state index in [1.807, 2.05) is 0 Å². The second-order valence-corrected chi connectivity index (χ2v) is 5.30. The van der Waals surface area contributed by atoms with Crippen molar-refractivity contribution in [2.75, 3.05) is 10.6 Å². The van der Waals surface area contributed by atoms with Crippen molar-refractivity contribution < 1.29 is 14.5 Å². The van der Waals surface area contributed by atoms with Crippen LogP contribution in [-0.2, 0) is 4.79 Å². The number of carbonyl (C=O) groups excluding carboxylic acids is 2. The third kappa shape index (κ3) is 4.39. The Morgan fingerprint density at radius 1 is 1.08 bits per heavy atom. The van der Waals surface area contributed by atoms with Gasteiger partial charge in [0.1, 0.15) is 6.04 Å². The van der Waals surface area contributed by atoms with Gasteiger partial charge in [-0.2, -0.15) is 0 Å². The number of nitrogens with one attached hydrogen (secondary N) is 2. The van der Waals surface area contributed by atoms with E-state index in [-0.39, 0.29) is 17.4 Å². The van der Waals surface area contributed by atoms with Crippen molar-refractivity contribution in [2.45, 2.75) is 19.9 Å². The highest BCUT2D eigenvalue weighted by Gasteiger charge is 2.14. The smallest absolute Gasteiger partial charge is 0.271 e. The molecule has 0 aliphatic heterocycles. The summed E-state index contributed by atoms with van der Waals surface area (Å²) in [5, 5.41) is 16.4. The van der Waals surface area contributed by atoms with E-state index in [1.165, 1.54) is 19.1 Å². The minimum absolute atomic E-state index is 0.0476. The minimum Gasteiger partial charge on any atom is -0.374 e. The topological polar surface area (TPSA) is 101 Å². The van der Waals surface area contributed by atoms with Crippen LogP contribution in [0.25, 0.3) is 0 Å². The molecule has 0 heterocycles. The Morgan fingerprint density at radius 2 is 1.75 bits per heavy atom. The van der Waals surface area contributed by atoms with E-state index in [9.17, 15) is 19.7 Å². The lowest BCUT2D eigenvalue weighted by Crippen LogP contribution is -2.31. The molecule has 0 radical (unpaired) electrons. The molecule has 124 valence electrons. The zero-order chi connectivity index (χ0) is 17.7. The molecule has 0 aliphatic rings. The number of anilines is 2. The number of hydrogen-bond acceptors (Lipinski definition) is 5. The van der Waals surface area contributed by atoms with Gasteiger partial charge in [0, 0.05) is 29.1 Å². The molecule has 1 atom stereocenters. The molecule has 0 aromatic heterocycles. The second-order valence-electron chi connectivity index (χ2n) is 5.30. The zero-order valence-electron chi connectivity index (χ0n) is 13.3. The lowest BCUT2D eigenvalue weighted by atomic mass is 10.1. The summed E-state index contributed by atoms with van der Waals surface area (Å²) in [5.74, 6) is -0.342. The number of carbonyl (C=O) groups is 2. The van der Waals surface area contributed by atoms with Gasteiger partial charge in [0.15, 0.2) is 5.78 Å². The van der Waals surface area contributed by atoms with E-state index in [1.54, 1.807) is 43.3 Å². The number of ketones is 1. The number of rotatable bonds is 6. The Balaban J connectivity index is 2.00. The first-order valence-electron chi connectivity index (χ1n) is 7.29. The van der Waals surface area contributed by atoms with Gasteiger partial charge in [-0.3, -0.25) is 19.7 Å². The van der Waals surface area contributed by atoms with Crippen molar-refractivity contribution in [3.63, 3.8) is 0 Å². The second kappa shape index (κ2) is 7.36. The monoisotopic (exact) mass is 327 g/mol. The van der Waals surface area contributed by atoms with Crippen molar-refractivity contribution in [2.24, 2.45) is 0 Å². The molecule has 0 bridgehead atoms. The van der Waals surface area contributed by atoms with Crippen molar-refractivity contribution in [1.82, 2.24) is 0 Å². The van der Waals surface area contributed by atoms with Crippen molar-refractivity contribution in [3.8, 4) is 0 Å². The molecule has 0 saturated heterocycles. The SMILES string of the molecule is CC(=O)c1ccc(NC(=O)[C@@H](C)Nc2cccc([N+](=O)[O-])c2)cc1. The number of amides is 1. The molecule has 0 unspecified atom stereocenters. The Kier molecular flexibility index (Phi) is 5.26. The highest BCUT2D eigenvalue weighted by atomic mass is 16.6. The van der Waals surface area contributed by atoms with Crippen LogP contribution in [0.2, 0.25) is 0 Å². The molecular weight excluding hydrogens is 310 g/mol. The van der Waals surface area contributed by atoms with Gasteiger partial charge in [0.25, 0.3) is 5.69 Å². The molecule has 0 spiro atoms. The molecule has 2 rings (SSSR count). The Bertz CT molecular complexity index is 772. The predicted octanol–water partition coefficient (Wildman–Crippen LogP) is 3.24. The Labute approximate surface area is 138 Å². The lowest BCUT2D eigenvalue weighted by molar-refractivity contribution is -0.384. The summed E-state index contributed by atoms with van der Waals surface area (Å²) in [7, 11) is 0. The molecule has 1 amide bonds. The first-order chi connectivity index (χ1) is 11.4.